The van der Waals surface area contributed by atoms with Gasteiger partial charge < -0.3 is 15.7 Å². The molecule has 16 heavy (non-hydrogen) atoms. The molecule has 0 spiro atoms. The van der Waals surface area contributed by atoms with Gasteiger partial charge in [0.2, 0.25) is 5.91 Å². The molecule has 0 unspecified atom stereocenters. The van der Waals surface area contributed by atoms with Crippen molar-refractivity contribution in [1.82, 2.24) is 10.6 Å². The fourth-order valence-corrected chi connectivity index (χ4v) is 1.03. The van der Waals surface area contributed by atoms with Crippen LogP contribution in [0, 0.1) is 5.41 Å². The molecular weight excluding hydrogens is 204 g/mol. The highest BCUT2D eigenvalue weighted by Gasteiger charge is 2.17. The Morgan fingerprint density at radius 3 is 2.19 bits per heavy atom. The van der Waals surface area contributed by atoms with Crippen molar-refractivity contribution >= 4 is 5.91 Å². The van der Waals surface area contributed by atoms with Gasteiger partial charge in [-0.15, -0.1) is 0 Å². The molecule has 4 heteroatoms. The summed E-state index contributed by atoms with van der Waals surface area (Å²) < 4.78 is 0. The number of hydrogen-bond donors (Lipinski definition) is 3. The Labute approximate surface area is 98.8 Å². The number of aliphatic hydroxyl groups excluding tert-OH is 1. The maximum Gasteiger partial charge on any atom is 0.221 e. The van der Waals surface area contributed by atoms with E-state index >= 15 is 0 Å². The van der Waals surface area contributed by atoms with Crippen LogP contribution in [0.2, 0.25) is 0 Å². The quantitative estimate of drug-likeness (QED) is 0.635. The Bertz CT molecular complexity index is 220. The van der Waals surface area contributed by atoms with Gasteiger partial charge in [-0.3, -0.25) is 4.79 Å². The van der Waals surface area contributed by atoms with E-state index in [1.54, 1.807) is 0 Å². The Balaban J connectivity index is 3.68. The fraction of sp³-hybridized carbons (Fsp3) is 0.917. The third-order valence-electron chi connectivity index (χ3n) is 2.20. The lowest BCUT2D eigenvalue weighted by Gasteiger charge is -2.23. The van der Waals surface area contributed by atoms with Gasteiger partial charge in [-0.1, -0.05) is 13.8 Å². The summed E-state index contributed by atoms with van der Waals surface area (Å²) in [6.07, 6.45) is 0.471. The van der Waals surface area contributed by atoms with Gasteiger partial charge in [0, 0.05) is 37.1 Å². The summed E-state index contributed by atoms with van der Waals surface area (Å²) in [4.78, 5) is 11.5. The Kier molecular flexibility index (Phi) is 5.97. The first kappa shape index (κ1) is 15.4. The number of nitrogens with one attached hydrogen (secondary N) is 2. The summed E-state index contributed by atoms with van der Waals surface area (Å²) in [7, 11) is 0. The van der Waals surface area contributed by atoms with Gasteiger partial charge in [0.05, 0.1) is 0 Å². The topological polar surface area (TPSA) is 61.4 Å². The zero-order valence-corrected chi connectivity index (χ0v) is 11.2. The molecule has 0 aromatic rings. The summed E-state index contributed by atoms with van der Waals surface area (Å²) in [5, 5.41) is 15.1. The maximum absolute atomic E-state index is 11.5. The van der Waals surface area contributed by atoms with Crippen LogP contribution in [0.4, 0.5) is 0 Å². The number of amides is 1. The zero-order chi connectivity index (χ0) is 12.8. The second-order valence-electron chi connectivity index (χ2n) is 6.03. The summed E-state index contributed by atoms with van der Waals surface area (Å²) in [6.45, 7) is 11.3. The van der Waals surface area contributed by atoms with Gasteiger partial charge >= 0.3 is 0 Å². The molecule has 1 amide bonds. The molecule has 96 valence electrons. The van der Waals surface area contributed by atoms with E-state index in [1.165, 1.54) is 0 Å². The van der Waals surface area contributed by atoms with Crippen LogP contribution in [-0.4, -0.2) is 36.2 Å². The minimum absolute atomic E-state index is 0.0262. The third kappa shape index (κ3) is 8.68. The molecule has 0 saturated heterocycles. The molecule has 0 saturated carbocycles. The third-order valence-corrected chi connectivity index (χ3v) is 2.20. The van der Waals surface area contributed by atoms with Crippen molar-refractivity contribution in [2.24, 2.45) is 5.41 Å². The van der Waals surface area contributed by atoms with Crippen LogP contribution in [0.15, 0.2) is 0 Å². The molecular formula is C12H26N2O2. The maximum atomic E-state index is 11.5. The molecule has 0 aromatic heterocycles. The molecule has 0 bridgehead atoms. The van der Waals surface area contributed by atoms with E-state index in [1.807, 2.05) is 13.8 Å². The minimum atomic E-state index is -0.243. The molecule has 0 aliphatic carbocycles. The summed E-state index contributed by atoms with van der Waals surface area (Å²) in [5.41, 5.74) is -0.197. The van der Waals surface area contributed by atoms with Crippen molar-refractivity contribution in [3.63, 3.8) is 0 Å². The molecule has 0 fully saturated rings. The van der Waals surface area contributed by atoms with E-state index in [-0.39, 0.29) is 23.5 Å². The first-order chi connectivity index (χ1) is 7.16. The number of carbonyl (C=O) groups is 1. The average molecular weight is 230 g/mol. The first-order valence-corrected chi connectivity index (χ1v) is 5.79. The Morgan fingerprint density at radius 1 is 1.19 bits per heavy atom. The summed E-state index contributed by atoms with van der Waals surface area (Å²) in [6, 6.07) is 0. The Hall–Kier alpha value is -0.610. The molecule has 0 atom stereocenters. The highest BCUT2D eigenvalue weighted by Crippen LogP contribution is 2.11. The van der Waals surface area contributed by atoms with Crippen molar-refractivity contribution in [3.05, 3.63) is 0 Å². The SMILES string of the molecule is CC(C)(CO)CNC(=O)CCNC(C)(C)C. The standard InChI is InChI=1S/C12H26N2O2/c1-11(2,3)14-7-6-10(16)13-8-12(4,5)9-15/h14-15H,6-9H2,1-5H3,(H,13,16). The van der Waals surface area contributed by atoms with Crippen LogP contribution >= 0.6 is 0 Å². The van der Waals surface area contributed by atoms with Crippen molar-refractivity contribution in [1.29, 1.82) is 0 Å². The molecule has 0 rings (SSSR count). The van der Waals surface area contributed by atoms with E-state index < -0.39 is 0 Å². The highest BCUT2D eigenvalue weighted by molar-refractivity contribution is 5.76. The number of aliphatic hydroxyl groups is 1. The van der Waals surface area contributed by atoms with E-state index in [2.05, 4.69) is 31.4 Å². The van der Waals surface area contributed by atoms with Crippen LogP contribution in [0.25, 0.3) is 0 Å². The molecule has 3 N–H and O–H groups in total. The lowest BCUT2D eigenvalue weighted by atomic mass is 9.95. The van der Waals surface area contributed by atoms with Crippen LogP contribution in [0.5, 0.6) is 0 Å². The van der Waals surface area contributed by atoms with Crippen molar-refractivity contribution in [3.8, 4) is 0 Å². The van der Waals surface area contributed by atoms with E-state index in [0.29, 0.717) is 19.5 Å². The van der Waals surface area contributed by atoms with Gasteiger partial charge in [0.15, 0.2) is 0 Å². The number of rotatable bonds is 6. The first-order valence-electron chi connectivity index (χ1n) is 5.79. The largest absolute Gasteiger partial charge is 0.396 e. The zero-order valence-electron chi connectivity index (χ0n) is 11.2. The van der Waals surface area contributed by atoms with Crippen LogP contribution in [0.1, 0.15) is 41.0 Å². The van der Waals surface area contributed by atoms with Gasteiger partial charge in [0.25, 0.3) is 0 Å². The molecule has 4 nitrogen and oxygen atoms in total. The lowest BCUT2D eigenvalue weighted by Crippen LogP contribution is -2.40. The molecule has 0 aliphatic rings. The van der Waals surface area contributed by atoms with Crippen molar-refractivity contribution in [2.75, 3.05) is 19.7 Å². The predicted octanol–water partition coefficient (Wildman–Crippen LogP) is 0.899. The van der Waals surface area contributed by atoms with Crippen molar-refractivity contribution < 1.29 is 9.90 Å². The molecule has 0 aromatic carbocycles. The Morgan fingerprint density at radius 2 is 1.75 bits per heavy atom. The van der Waals surface area contributed by atoms with Gasteiger partial charge in [-0.2, -0.15) is 0 Å². The molecule has 0 aliphatic heterocycles. The van der Waals surface area contributed by atoms with Gasteiger partial charge in [-0.25, -0.2) is 0 Å². The summed E-state index contributed by atoms with van der Waals surface area (Å²) >= 11 is 0. The van der Waals surface area contributed by atoms with E-state index in [4.69, 9.17) is 5.11 Å². The normalized spacial score (nSPS) is 12.6. The molecule has 0 heterocycles. The second kappa shape index (κ2) is 6.21. The highest BCUT2D eigenvalue weighted by atomic mass is 16.3. The van der Waals surface area contributed by atoms with Crippen LogP contribution < -0.4 is 10.6 Å². The van der Waals surface area contributed by atoms with E-state index in [0.717, 1.165) is 0 Å². The fourth-order valence-electron chi connectivity index (χ4n) is 1.03. The smallest absolute Gasteiger partial charge is 0.221 e. The van der Waals surface area contributed by atoms with E-state index in [9.17, 15) is 4.79 Å². The summed E-state index contributed by atoms with van der Waals surface area (Å²) in [5.74, 6) is 0.0262. The number of carbonyl (C=O) groups excluding carboxylic acids is 1. The second-order valence-corrected chi connectivity index (χ2v) is 6.03. The predicted molar refractivity (Wildman–Crippen MR) is 66.2 cm³/mol. The van der Waals surface area contributed by atoms with Crippen LogP contribution in [-0.2, 0) is 4.79 Å². The lowest BCUT2D eigenvalue weighted by molar-refractivity contribution is -0.121. The molecule has 0 radical (unpaired) electrons. The monoisotopic (exact) mass is 230 g/mol. The average Bonchev–Trinajstić information content (AvgIpc) is 2.13. The van der Waals surface area contributed by atoms with Crippen molar-refractivity contribution in [2.45, 2.75) is 46.6 Å². The van der Waals surface area contributed by atoms with Gasteiger partial charge in [-0.05, 0) is 20.8 Å². The number of hydrogen-bond acceptors (Lipinski definition) is 3. The van der Waals surface area contributed by atoms with Crippen LogP contribution in [0.3, 0.4) is 0 Å². The minimum Gasteiger partial charge on any atom is -0.396 e. The van der Waals surface area contributed by atoms with Gasteiger partial charge in [0.1, 0.15) is 0 Å².